The van der Waals surface area contributed by atoms with Crippen molar-refractivity contribution in [3.63, 3.8) is 0 Å². The molecule has 1 nitrogen and oxygen atoms in total. The standard InChI is InChI=1S/C69H46O/c1-68(2)57-30-14-10-24-48(57)52-37-36-45(40-61(52)68)65-47-23-7-6-21-43(47)39-56-66-55(29-18-34-63(66)70-67(56)65)64(54-28-9-8-22-46(54)42-19-4-3-5-20-42)44-35-38-53-51-27-13-17-33-60(51)69(62(53)41-44)58-31-15-11-25-49(58)50-26-12-16-32-59(50)69/h3-41,64H,1-2H3. The van der Waals surface area contributed by atoms with Crippen LogP contribution in [0.25, 0.3) is 88.3 Å². The second kappa shape index (κ2) is 14.5. The Morgan fingerprint density at radius 1 is 0.357 bits per heavy atom. The summed E-state index contributed by atoms with van der Waals surface area (Å²) in [6.45, 7) is 4.73. The molecule has 0 radical (unpaired) electrons. The minimum absolute atomic E-state index is 0.134. The molecule has 15 rings (SSSR count). The molecule has 1 heterocycles. The fourth-order valence-corrected chi connectivity index (χ4v) is 13.5. The van der Waals surface area contributed by atoms with E-state index >= 15 is 0 Å². The van der Waals surface area contributed by atoms with Crippen LogP contribution in [0.15, 0.2) is 241 Å². The van der Waals surface area contributed by atoms with Gasteiger partial charge < -0.3 is 4.42 Å². The van der Waals surface area contributed by atoms with Crippen LogP contribution in [0.2, 0.25) is 0 Å². The predicted octanol–water partition coefficient (Wildman–Crippen LogP) is 17.9. The summed E-state index contributed by atoms with van der Waals surface area (Å²) in [5.41, 5.74) is 25.7. The van der Waals surface area contributed by atoms with Crippen molar-refractivity contribution in [3.8, 4) is 55.6 Å². The second-order valence-corrected chi connectivity index (χ2v) is 20.2. The third-order valence-electron chi connectivity index (χ3n) is 16.4. The van der Waals surface area contributed by atoms with Crippen LogP contribution in [-0.2, 0) is 10.8 Å². The fourth-order valence-electron chi connectivity index (χ4n) is 13.5. The topological polar surface area (TPSA) is 13.1 Å². The van der Waals surface area contributed by atoms with Gasteiger partial charge in [-0.1, -0.05) is 232 Å². The first-order valence-corrected chi connectivity index (χ1v) is 24.7. The molecule has 0 saturated heterocycles. The summed E-state index contributed by atoms with van der Waals surface area (Å²) in [4.78, 5) is 0. The number of fused-ring (bicyclic) bond motifs is 17. The first-order valence-electron chi connectivity index (χ1n) is 24.7. The Bertz CT molecular complexity index is 4100. The molecule has 0 fully saturated rings. The highest BCUT2D eigenvalue weighted by molar-refractivity contribution is 6.19. The van der Waals surface area contributed by atoms with Crippen LogP contribution < -0.4 is 0 Å². The molecule has 0 bridgehead atoms. The zero-order valence-electron chi connectivity index (χ0n) is 39.0. The third kappa shape index (κ3) is 5.22. The van der Waals surface area contributed by atoms with Gasteiger partial charge in [0.1, 0.15) is 11.2 Å². The van der Waals surface area contributed by atoms with E-state index in [2.05, 4.69) is 250 Å². The average Bonchev–Trinajstić information content (AvgIpc) is 4.10. The second-order valence-electron chi connectivity index (χ2n) is 20.2. The predicted molar refractivity (Wildman–Crippen MR) is 290 cm³/mol. The highest BCUT2D eigenvalue weighted by atomic mass is 16.3. The summed E-state index contributed by atoms with van der Waals surface area (Å²) < 4.78 is 7.33. The summed E-state index contributed by atoms with van der Waals surface area (Å²) in [7, 11) is 0. The lowest BCUT2D eigenvalue weighted by Gasteiger charge is -2.31. The number of hydrogen-bond acceptors (Lipinski definition) is 1. The lowest BCUT2D eigenvalue weighted by atomic mass is 9.69. The van der Waals surface area contributed by atoms with E-state index in [1.807, 2.05) is 0 Å². The van der Waals surface area contributed by atoms with Crippen LogP contribution >= 0.6 is 0 Å². The van der Waals surface area contributed by atoms with Crippen molar-refractivity contribution in [2.45, 2.75) is 30.6 Å². The Morgan fingerprint density at radius 2 is 0.900 bits per heavy atom. The molecule has 0 aliphatic heterocycles. The maximum Gasteiger partial charge on any atom is 0.143 e. The first-order chi connectivity index (χ1) is 34.5. The minimum atomic E-state index is -0.466. The van der Waals surface area contributed by atoms with Crippen LogP contribution in [0, 0.1) is 0 Å². The molecule has 1 heteroatoms. The van der Waals surface area contributed by atoms with Gasteiger partial charge in [-0.25, -0.2) is 0 Å². The molecule has 11 aromatic carbocycles. The van der Waals surface area contributed by atoms with Gasteiger partial charge in [-0.15, -0.1) is 0 Å². The molecule has 328 valence electrons. The van der Waals surface area contributed by atoms with E-state index in [-0.39, 0.29) is 11.3 Å². The van der Waals surface area contributed by atoms with Crippen molar-refractivity contribution in [1.82, 2.24) is 0 Å². The fraction of sp³-hybridized carbons (Fsp3) is 0.0725. The van der Waals surface area contributed by atoms with Crippen molar-refractivity contribution in [1.29, 1.82) is 0 Å². The third-order valence-corrected chi connectivity index (χ3v) is 16.4. The summed E-state index contributed by atoms with van der Waals surface area (Å²) in [5, 5.41) is 4.67. The van der Waals surface area contributed by atoms with Crippen LogP contribution in [0.4, 0.5) is 0 Å². The minimum Gasteiger partial charge on any atom is -0.455 e. The van der Waals surface area contributed by atoms with Gasteiger partial charge in [0, 0.05) is 27.7 Å². The van der Waals surface area contributed by atoms with Gasteiger partial charge in [-0.2, -0.15) is 0 Å². The van der Waals surface area contributed by atoms with E-state index in [0.29, 0.717) is 0 Å². The molecule has 0 saturated carbocycles. The van der Waals surface area contributed by atoms with Crippen molar-refractivity contribution in [2.24, 2.45) is 0 Å². The van der Waals surface area contributed by atoms with E-state index in [1.54, 1.807) is 0 Å². The number of hydrogen-bond donors (Lipinski definition) is 0. The molecule has 3 aliphatic rings. The Kier molecular flexibility index (Phi) is 8.18. The van der Waals surface area contributed by atoms with Gasteiger partial charge in [-0.05, 0) is 129 Å². The maximum absolute atomic E-state index is 7.33. The van der Waals surface area contributed by atoms with Gasteiger partial charge in [0.25, 0.3) is 0 Å². The van der Waals surface area contributed by atoms with Crippen molar-refractivity contribution in [3.05, 3.63) is 287 Å². The molecular weight excluding hydrogens is 845 g/mol. The van der Waals surface area contributed by atoms with Crippen LogP contribution in [0.3, 0.4) is 0 Å². The number of furan rings is 1. The summed E-state index contributed by atoms with van der Waals surface area (Å²) in [5.74, 6) is -0.159. The number of benzene rings is 11. The SMILES string of the molecule is CC1(C)c2ccccc2-c2ccc(-c3c4ccccc4cc4c3oc3cccc(C(c5ccc6c(c5)C5(c7ccccc7-c7ccccc75)c5ccccc5-6)c5ccccc5-c5ccccc5)c34)cc21. The highest BCUT2D eigenvalue weighted by Crippen LogP contribution is 2.63. The van der Waals surface area contributed by atoms with Gasteiger partial charge in [-0.3, -0.25) is 0 Å². The zero-order chi connectivity index (χ0) is 46.3. The summed E-state index contributed by atoms with van der Waals surface area (Å²) in [6.07, 6.45) is 0. The Labute approximate surface area is 408 Å². The van der Waals surface area contributed by atoms with E-state index in [0.717, 1.165) is 27.5 Å². The van der Waals surface area contributed by atoms with Crippen molar-refractivity contribution >= 4 is 32.7 Å². The van der Waals surface area contributed by atoms with E-state index in [9.17, 15) is 0 Å². The Balaban J connectivity index is 1.02. The van der Waals surface area contributed by atoms with Crippen molar-refractivity contribution in [2.75, 3.05) is 0 Å². The largest absolute Gasteiger partial charge is 0.455 e. The molecule has 1 atom stereocenters. The molecule has 0 amide bonds. The Morgan fingerprint density at radius 3 is 1.61 bits per heavy atom. The average molecular weight is 891 g/mol. The molecule has 1 spiro atoms. The van der Waals surface area contributed by atoms with E-state index in [1.165, 1.54) is 111 Å². The summed E-state index contributed by atoms with van der Waals surface area (Å²) >= 11 is 0. The van der Waals surface area contributed by atoms with Gasteiger partial charge in [0.2, 0.25) is 0 Å². The van der Waals surface area contributed by atoms with Gasteiger partial charge in [0.15, 0.2) is 0 Å². The van der Waals surface area contributed by atoms with Crippen molar-refractivity contribution < 1.29 is 4.42 Å². The molecule has 1 aromatic heterocycles. The van der Waals surface area contributed by atoms with E-state index < -0.39 is 5.41 Å². The lowest BCUT2D eigenvalue weighted by Crippen LogP contribution is -2.26. The zero-order valence-corrected chi connectivity index (χ0v) is 39.0. The highest BCUT2D eigenvalue weighted by Gasteiger charge is 2.51. The monoisotopic (exact) mass is 890 g/mol. The van der Waals surface area contributed by atoms with Gasteiger partial charge >= 0.3 is 0 Å². The van der Waals surface area contributed by atoms with Crippen LogP contribution in [0.5, 0.6) is 0 Å². The molecule has 0 N–H and O–H groups in total. The lowest BCUT2D eigenvalue weighted by molar-refractivity contribution is 0.660. The first kappa shape index (κ1) is 39.5. The maximum atomic E-state index is 7.33. The normalized spacial score (nSPS) is 14.6. The summed E-state index contributed by atoms with van der Waals surface area (Å²) in [6, 6.07) is 88.8. The quantitative estimate of drug-likeness (QED) is 0.157. The molecule has 1 unspecified atom stereocenters. The Hall–Kier alpha value is -8.52. The molecule has 12 aromatic rings. The van der Waals surface area contributed by atoms with E-state index in [4.69, 9.17) is 4.42 Å². The molecule has 70 heavy (non-hydrogen) atoms. The molecule has 3 aliphatic carbocycles. The molecular formula is C69H46O. The number of rotatable bonds is 5. The van der Waals surface area contributed by atoms with Gasteiger partial charge in [0.05, 0.1) is 5.41 Å². The smallest absolute Gasteiger partial charge is 0.143 e. The van der Waals surface area contributed by atoms with Crippen LogP contribution in [0.1, 0.15) is 69.8 Å². The van der Waals surface area contributed by atoms with Crippen LogP contribution in [-0.4, -0.2) is 0 Å².